The van der Waals surface area contributed by atoms with Crippen LogP contribution in [-0.4, -0.2) is 21.2 Å². The molecule has 0 spiro atoms. The van der Waals surface area contributed by atoms with Gasteiger partial charge in [-0.15, -0.1) is 48.1 Å². The largest absolute Gasteiger partial charge is 0.509 e. The van der Waals surface area contributed by atoms with Gasteiger partial charge < -0.3 is 23.9 Å². The second-order valence-electron chi connectivity index (χ2n) is 16.6. The van der Waals surface area contributed by atoms with E-state index >= 15 is 0 Å². The van der Waals surface area contributed by atoms with Gasteiger partial charge in [0.2, 0.25) is 0 Å². The van der Waals surface area contributed by atoms with Crippen molar-refractivity contribution in [1.82, 2.24) is 14.4 Å². The Labute approximate surface area is 377 Å². The summed E-state index contributed by atoms with van der Waals surface area (Å²) >= 11 is 0. The molecule has 0 radical (unpaired) electrons. The maximum atomic E-state index is 6.65. The summed E-state index contributed by atoms with van der Waals surface area (Å²) in [6.07, 6.45) is 10.6. The second kappa shape index (κ2) is 15.9. The van der Waals surface area contributed by atoms with Crippen LogP contribution >= 0.6 is 0 Å². The van der Waals surface area contributed by atoms with Crippen LogP contribution in [0.5, 0.6) is 11.5 Å². The molecule has 2 aromatic heterocycles. The summed E-state index contributed by atoms with van der Waals surface area (Å²) in [7, 11) is 0. The van der Waals surface area contributed by atoms with E-state index in [0.29, 0.717) is 11.5 Å². The van der Waals surface area contributed by atoms with E-state index in [0.717, 1.165) is 61.5 Å². The molecular weight excluding hydrogens is 941 g/mol. The van der Waals surface area contributed by atoms with Crippen LogP contribution in [0.4, 0.5) is 17.1 Å². The van der Waals surface area contributed by atoms with Gasteiger partial charge in [0.1, 0.15) is 5.82 Å². The third-order valence-corrected chi connectivity index (χ3v) is 11.7. The number of aromatic nitrogens is 2. The monoisotopic (exact) mass is 981 g/mol. The summed E-state index contributed by atoms with van der Waals surface area (Å²) < 4.78 is 8.85. The van der Waals surface area contributed by atoms with Gasteiger partial charge in [-0.3, -0.25) is 0 Å². The number of fused-ring (bicyclic) bond motifs is 5. The quantitative estimate of drug-likeness (QED) is 0.117. The number of benzene rings is 6. The number of pyridine rings is 1. The van der Waals surface area contributed by atoms with Gasteiger partial charge >= 0.3 is 6.85 Å². The van der Waals surface area contributed by atoms with Gasteiger partial charge in [-0.2, -0.15) is 12.1 Å². The number of hydrogen-bond donors (Lipinski definition) is 0. The molecule has 0 N–H and O–H groups in total. The van der Waals surface area contributed by atoms with E-state index in [2.05, 4.69) is 223 Å². The molecule has 8 aromatic rings. The molecule has 0 unspecified atom stereocenters. The molecule has 5 heterocycles. The normalized spacial score (nSPS) is 14.6. The fraction of sp³-hybridized carbons (Fsp3) is 0.0741. The maximum absolute atomic E-state index is 6.65. The number of rotatable bonds is 7. The summed E-state index contributed by atoms with van der Waals surface area (Å²) in [6.45, 7) is 8.89. The third kappa shape index (κ3) is 6.87. The molecule has 0 amide bonds. The second-order valence-corrected chi connectivity index (χ2v) is 16.6. The van der Waals surface area contributed by atoms with Crippen LogP contribution < -0.4 is 14.5 Å². The number of nitrogens with zero attached hydrogens (tertiary/aromatic N) is 5. The number of para-hydroxylation sites is 3. The standard InChI is InChI=1S/C54H41BN5O.Pt/c1-54(2,3)40-29-31-56-51(33-40)60-47-24-11-10-23-44(47)45-28-27-43(35-50(45)60)61-42-22-16-21-41(34-42)58-37-59(49-26-13-12-25-48(49)58)53-46(38-17-6-4-7-18-38)36-57-32-15-14-30-55(57)52(53)39-19-8-5-9-20-39;/h4-33,36-37H,1-3H3;/q-3;. The molecular formula is C54H41BN5OPt-3. The van der Waals surface area contributed by atoms with E-state index in [9.17, 15) is 0 Å². The van der Waals surface area contributed by atoms with Crippen LogP contribution in [0.15, 0.2) is 194 Å². The Bertz CT molecular complexity index is 3110. The van der Waals surface area contributed by atoms with Gasteiger partial charge in [0.25, 0.3) is 0 Å². The molecule has 11 rings (SSSR count). The van der Waals surface area contributed by atoms with Crippen LogP contribution in [0.3, 0.4) is 0 Å². The molecule has 0 atom stereocenters. The summed E-state index contributed by atoms with van der Waals surface area (Å²) in [5.41, 5.74) is 11.9. The van der Waals surface area contributed by atoms with Crippen molar-refractivity contribution < 1.29 is 25.8 Å². The molecule has 0 saturated heterocycles. The molecule has 8 heteroatoms. The van der Waals surface area contributed by atoms with E-state index in [4.69, 9.17) is 9.72 Å². The van der Waals surface area contributed by atoms with Crippen molar-refractivity contribution in [3.05, 3.63) is 230 Å². The predicted molar refractivity (Wildman–Crippen MR) is 250 cm³/mol. The summed E-state index contributed by atoms with van der Waals surface area (Å²) in [5.74, 6) is 4.32. The minimum absolute atomic E-state index is 0. The Balaban J connectivity index is 0.00000458. The van der Waals surface area contributed by atoms with Crippen molar-refractivity contribution in [2.45, 2.75) is 26.2 Å². The summed E-state index contributed by atoms with van der Waals surface area (Å²) in [4.78, 5) is 11.7. The van der Waals surface area contributed by atoms with E-state index in [1.807, 2.05) is 24.4 Å². The van der Waals surface area contributed by atoms with Crippen molar-refractivity contribution in [3.8, 4) is 17.3 Å². The Morgan fingerprint density at radius 1 is 0.661 bits per heavy atom. The number of anilines is 3. The first-order valence-corrected chi connectivity index (χ1v) is 20.7. The molecule has 6 nitrogen and oxygen atoms in total. The Hall–Kier alpha value is -6.82. The third-order valence-electron chi connectivity index (χ3n) is 11.7. The molecule has 3 aliphatic heterocycles. The number of hydrogen-bond acceptors (Lipinski definition) is 5. The van der Waals surface area contributed by atoms with Gasteiger partial charge in [0.15, 0.2) is 0 Å². The van der Waals surface area contributed by atoms with Crippen molar-refractivity contribution in [1.29, 1.82) is 0 Å². The van der Waals surface area contributed by atoms with Crippen molar-refractivity contribution in [2.24, 2.45) is 0 Å². The van der Waals surface area contributed by atoms with Crippen LogP contribution in [0, 0.1) is 18.8 Å². The first-order valence-electron chi connectivity index (χ1n) is 20.7. The first-order chi connectivity index (χ1) is 29.9. The van der Waals surface area contributed by atoms with Crippen LogP contribution in [0.2, 0.25) is 0 Å². The van der Waals surface area contributed by atoms with E-state index < -0.39 is 0 Å². The summed E-state index contributed by atoms with van der Waals surface area (Å²) in [5, 5.41) is 2.23. The van der Waals surface area contributed by atoms with Gasteiger partial charge in [-0.05, 0) is 75.6 Å². The zero-order valence-electron chi connectivity index (χ0n) is 34.5. The predicted octanol–water partition coefficient (Wildman–Crippen LogP) is 12.9. The van der Waals surface area contributed by atoms with Crippen LogP contribution in [0.1, 0.15) is 37.5 Å². The summed E-state index contributed by atoms with van der Waals surface area (Å²) in [6, 6.07) is 60.2. The van der Waals surface area contributed by atoms with E-state index in [1.165, 1.54) is 16.6 Å². The number of ether oxygens (including phenoxy) is 1. The molecule has 0 bridgehead atoms. The molecule has 6 aromatic carbocycles. The van der Waals surface area contributed by atoms with Gasteiger partial charge in [0.05, 0.1) is 0 Å². The Morgan fingerprint density at radius 3 is 2.16 bits per heavy atom. The maximum Gasteiger partial charge on any atom is 0.322 e. The van der Waals surface area contributed by atoms with Crippen molar-refractivity contribution >= 4 is 56.8 Å². The molecule has 0 saturated carbocycles. The SMILES string of the molecule is CC(C)(C)c1ccnc(-n2c3[c-]c(Oc4[c-]c(N5[CH-]N(C6=C(c7ccccc7)B7C=CC=CN7C=C6c6ccccc6)c6ccccc65)ccc4)ccc3c3ccccc32)c1.[Pt]. The fourth-order valence-electron chi connectivity index (χ4n) is 8.80. The van der Waals surface area contributed by atoms with Crippen molar-refractivity contribution in [2.75, 3.05) is 9.80 Å². The zero-order valence-corrected chi connectivity index (χ0v) is 36.8. The first kappa shape index (κ1) is 39.3. The van der Waals surface area contributed by atoms with Crippen molar-refractivity contribution in [3.63, 3.8) is 0 Å². The zero-order chi connectivity index (χ0) is 41.1. The fourth-order valence-corrected chi connectivity index (χ4v) is 8.80. The van der Waals surface area contributed by atoms with Crippen LogP contribution in [-0.2, 0) is 26.5 Å². The Morgan fingerprint density at radius 2 is 1.37 bits per heavy atom. The van der Waals surface area contributed by atoms with Crippen LogP contribution in [0.25, 0.3) is 38.7 Å². The minimum atomic E-state index is -0.0243. The topological polar surface area (TPSA) is 36.8 Å². The van der Waals surface area contributed by atoms with Gasteiger partial charge in [-0.25, -0.2) is 4.98 Å². The molecule has 304 valence electrons. The van der Waals surface area contributed by atoms with E-state index in [1.54, 1.807) is 0 Å². The van der Waals surface area contributed by atoms with Gasteiger partial charge in [-0.1, -0.05) is 129 Å². The van der Waals surface area contributed by atoms with E-state index in [-0.39, 0.29) is 33.3 Å². The average molecular weight is 982 g/mol. The minimum Gasteiger partial charge on any atom is -0.509 e. The average Bonchev–Trinajstić information content (AvgIpc) is 3.85. The molecule has 62 heavy (non-hydrogen) atoms. The van der Waals surface area contributed by atoms with Gasteiger partial charge in [0, 0.05) is 73.1 Å². The molecule has 3 aliphatic rings. The molecule has 0 aliphatic carbocycles. The number of allylic oxidation sites excluding steroid dienone is 3. The Kier molecular flexibility index (Phi) is 10.1. The smallest absolute Gasteiger partial charge is 0.322 e. The molecule has 0 fully saturated rings.